The monoisotopic (exact) mass is 500 g/mol. The van der Waals surface area contributed by atoms with Crippen LogP contribution in [-0.4, -0.2) is 53.5 Å². The fourth-order valence-electron chi connectivity index (χ4n) is 3.69. The first-order valence-electron chi connectivity index (χ1n) is 9.49. The second kappa shape index (κ2) is 8.23. The van der Waals surface area contributed by atoms with E-state index in [1.54, 1.807) is 0 Å². The molecule has 4 rings (SSSR count). The van der Waals surface area contributed by atoms with Crippen LogP contribution in [-0.2, 0) is 20.3 Å². The number of sulfonamides is 1. The lowest BCUT2D eigenvalue weighted by Crippen LogP contribution is -2.56. The summed E-state index contributed by atoms with van der Waals surface area (Å²) in [6.07, 6.45) is -1.33. The number of guanidine groups is 1. The van der Waals surface area contributed by atoms with Crippen LogP contribution in [0.2, 0.25) is 0 Å². The molecule has 10 nitrogen and oxygen atoms in total. The molecule has 1 saturated heterocycles. The molecule has 180 valence electrons. The van der Waals surface area contributed by atoms with Crippen LogP contribution >= 0.6 is 0 Å². The number of alkyl halides is 2. The van der Waals surface area contributed by atoms with Crippen molar-refractivity contribution in [2.75, 3.05) is 19.0 Å². The fourth-order valence-corrected chi connectivity index (χ4v) is 5.46. The van der Waals surface area contributed by atoms with E-state index in [-0.39, 0.29) is 23.3 Å². The van der Waals surface area contributed by atoms with E-state index in [0.29, 0.717) is 4.31 Å². The van der Waals surface area contributed by atoms with E-state index in [9.17, 15) is 30.8 Å². The molecule has 0 bridgehead atoms. The van der Waals surface area contributed by atoms with Crippen molar-refractivity contribution in [2.45, 2.75) is 17.2 Å². The number of fused-ring (bicyclic) bond motifs is 1. The van der Waals surface area contributed by atoms with Gasteiger partial charge in [0.1, 0.15) is 35.9 Å². The van der Waals surface area contributed by atoms with Crippen molar-refractivity contribution in [1.29, 1.82) is 0 Å². The van der Waals surface area contributed by atoms with Crippen LogP contribution < -0.4 is 11.1 Å². The zero-order valence-electron chi connectivity index (χ0n) is 17.2. The zero-order chi connectivity index (χ0) is 24.8. The number of benzene rings is 1. The van der Waals surface area contributed by atoms with Crippen molar-refractivity contribution in [3.8, 4) is 0 Å². The molecule has 2 aliphatic heterocycles. The summed E-state index contributed by atoms with van der Waals surface area (Å²) in [6, 6.07) is 3.21. The van der Waals surface area contributed by atoms with Crippen molar-refractivity contribution in [3.05, 3.63) is 65.5 Å². The van der Waals surface area contributed by atoms with Crippen LogP contribution in [0.4, 0.5) is 23.2 Å². The molecular weight excluding hydrogens is 484 g/mol. The molecule has 34 heavy (non-hydrogen) atoms. The van der Waals surface area contributed by atoms with Crippen LogP contribution in [0.15, 0.2) is 47.7 Å². The Balaban J connectivity index is 1.75. The Labute approximate surface area is 190 Å². The highest BCUT2D eigenvalue weighted by molar-refractivity contribution is 7.90. The molecule has 0 saturated carbocycles. The number of ether oxygens (including phenoxy) is 1. The summed E-state index contributed by atoms with van der Waals surface area (Å²) in [7, 11) is -3.24. The van der Waals surface area contributed by atoms with Crippen molar-refractivity contribution in [2.24, 2.45) is 10.7 Å². The molecule has 0 radical (unpaired) electrons. The van der Waals surface area contributed by atoms with Crippen LogP contribution in [0.3, 0.4) is 0 Å². The molecular formula is C19H16F4N6O4S. The first kappa shape index (κ1) is 23.4. The number of nitrogens with two attached hydrogens (primary N) is 1. The molecule has 1 aromatic heterocycles. The van der Waals surface area contributed by atoms with Gasteiger partial charge < -0.3 is 15.8 Å². The number of nitrogens with one attached hydrogen (secondary N) is 1. The second-order valence-electron chi connectivity index (χ2n) is 7.36. The summed E-state index contributed by atoms with van der Waals surface area (Å²) in [5, 5.41) is 0.637. The predicted octanol–water partition coefficient (Wildman–Crippen LogP) is 1.80. The molecule has 1 aromatic carbocycles. The van der Waals surface area contributed by atoms with Gasteiger partial charge >= 0.3 is 0 Å². The zero-order valence-corrected chi connectivity index (χ0v) is 18.1. The summed E-state index contributed by atoms with van der Waals surface area (Å²) in [4.78, 5) is 23.7. The van der Waals surface area contributed by atoms with Crippen molar-refractivity contribution in [1.82, 2.24) is 14.3 Å². The molecule has 2 aromatic rings. The Bertz CT molecular complexity index is 1320. The quantitative estimate of drug-likeness (QED) is 0.610. The molecule has 0 aliphatic carbocycles. The van der Waals surface area contributed by atoms with Crippen LogP contribution in [0, 0.1) is 5.82 Å². The summed E-state index contributed by atoms with van der Waals surface area (Å²) in [5.74, 6) is -2.82. The van der Waals surface area contributed by atoms with E-state index < -0.39 is 63.0 Å². The van der Waals surface area contributed by atoms with Crippen LogP contribution in [0.25, 0.3) is 0 Å². The molecule has 3 heterocycles. The lowest BCUT2D eigenvalue weighted by atomic mass is 9.87. The number of carbonyl (C=O) groups excluding carboxylic acids is 1. The van der Waals surface area contributed by atoms with E-state index >= 15 is 0 Å². The lowest BCUT2D eigenvalue weighted by Gasteiger charge is -2.37. The predicted molar refractivity (Wildman–Crippen MR) is 110 cm³/mol. The molecule has 3 N–H and O–H groups in total. The number of anilines is 1. The Kier molecular flexibility index (Phi) is 5.67. The molecule has 1 amide bonds. The van der Waals surface area contributed by atoms with Gasteiger partial charge in [-0.15, -0.1) is 0 Å². The topological polar surface area (TPSA) is 140 Å². The highest BCUT2D eigenvalue weighted by Gasteiger charge is 2.61. The third kappa shape index (κ3) is 3.61. The number of hydrogen-bond acceptors (Lipinski definition) is 8. The number of aliphatic imine (C=N–C) groups is 1. The average molecular weight is 500 g/mol. The van der Waals surface area contributed by atoms with Gasteiger partial charge in [0.2, 0.25) is 16.0 Å². The van der Waals surface area contributed by atoms with Gasteiger partial charge in [0.15, 0.2) is 10.8 Å². The number of halogens is 4. The molecule has 2 atom stereocenters. The summed E-state index contributed by atoms with van der Waals surface area (Å²) in [6.45, 7) is -0.546. The number of carbonyl (C=O) groups is 1. The molecule has 0 unspecified atom stereocenters. The number of aromatic nitrogens is 2. The summed E-state index contributed by atoms with van der Waals surface area (Å²) >= 11 is 0. The normalized spacial score (nSPS) is 24.5. The molecule has 15 heteroatoms. The number of nitrogens with zero attached hydrogens (tertiary/aromatic N) is 4. The van der Waals surface area contributed by atoms with E-state index in [1.807, 2.05) is 0 Å². The first-order valence-corrected chi connectivity index (χ1v) is 11.0. The summed E-state index contributed by atoms with van der Waals surface area (Å²) < 4.78 is 85.6. The maximum Gasteiger partial charge on any atom is 0.281 e. The van der Waals surface area contributed by atoms with Gasteiger partial charge in [-0.2, -0.15) is 0 Å². The van der Waals surface area contributed by atoms with Gasteiger partial charge in [-0.25, -0.2) is 40.3 Å². The first-order chi connectivity index (χ1) is 16.0. The minimum absolute atomic E-state index is 0.0166. The van der Waals surface area contributed by atoms with Gasteiger partial charge in [-0.1, -0.05) is 0 Å². The highest BCUT2D eigenvalue weighted by Crippen LogP contribution is 2.48. The Morgan fingerprint density at radius 2 is 2.09 bits per heavy atom. The minimum atomic E-state index is -4.35. The van der Waals surface area contributed by atoms with Crippen molar-refractivity contribution >= 4 is 27.6 Å². The standard InChI is InChI=1S/C19H16F4N6O4S/c1-29-18(24)28-19(8-33-14(5-20)15(19)34(29,31)32)10-4-9(2-3-11(10)21)27-17(30)13-7-25-12(6-26-13)16(22)23/h2-7,15-16H,8H2,1H3,(H2,24,28)(H,27,30)/b14-5+/t15-,19-/m1/s1. The van der Waals surface area contributed by atoms with Crippen LogP contribution in [0.5, 0.6) is 0 Å². The number of hydrogen-bond donors (Lipinski definition) is 2. The Hall–Kier alpha value is -3.75. The van der Waals surface area contributed by atoms with Gasteiger partial charge in [-0.3, -0.25) is 9.78 Å². The lowest BCUT2D eigenvalue weighted by molar-refractivity contribution is 0.102. The molecule has 0 spiro atoms. The minimum Gasteiger partial charge on any atom is -0.491 e. The third-order valence-corrected chi connectivity index (χ3v) is 7.56. The molecule has 2 aliphatic rings. The fraction of sp³-hybridized carbons (Fsp3) is 0.263. The SMILES string of the molecule is CN1C(N)=N[C@@]2(c3cc(NC(=O)c4cnc(C(F)F)cn4)ccc3F)CO/C(=C/F)[C@H]2S1(=O)=O. The van der Waals surface area contributed by atoms with Gasteiger partial charge in [-0.05, 0) is 18.2 Å². The average Bonchev–Trinajstić information content (AvgIpc) is 3.19. The second-order valence-corrected chi connectivity index (χ2v) is 9.41. The molecule has 1 fully saturated rings. The van der Waals surface area contributed by atoms with Crippen molar-refractivity contribution in [3.63, 3.8) is 0 Å². The Morgan fingerprint density at radius 3 is 2.71 bits per heavy atom. The third-order valence-electron chi connectivity index (χ3n) is 5.39. The largest absolute Gasteiger partial charge is 0.491 e. The van der Waals surface area contributed by atoms with Gasteiger partial charge in [0.05, 0.1) is 12.4 Å². The van der Waals surface area contributed by atoms with Gasteiger partial charge in [0.25, 0.3) is 12.3 Å². The maximum absolute atomic E-state index is 15.0. The van der Waals surface area contributed by atoms with Gasteiger partial charge in [0, 0.05) is 18.3 Å². The van der Waals surface area contributed by atoms with E-state index in [0.717, 1.165) is 31.6 Å². The highest BCUT2D eigenvalue weighted by atomic mass is 32.2. The number of amides is 1. The van der Waals surface area contributed by atoms with Crippen LogP contribution in [0.1, 0.15) is 28.2 Å². The van der Waals surface area contributed by atoms with E-state index in [2.05, 4.69) is 20.3 Å². The maximum atomic E-state index is 15.0. The van der Waals surface area contributed by atoms with E-state index in [1.165, 1.54) is 6.07 Å². The smallest absolute Gasteiger partial charge is 0.281 e. The van der Waals surface area contributed by atoms with Crippen molar-refractivity contribution < 1.29 is 35.5 Å². The Morgan fingerprint density at radius 1 is 1.35 bits per heavy atom. The van der Waals surface area contributed by atoms with E-state index in [4.69, 9.17) is 10.5 Å². The summed E-state index contributed by atoms with van der Waals surface area (Å²) in [5.41, 5.74) is 2.52. The number of rotatable bonds is 4.